The number of aliphatic hydroxyl groups excluding tert-OH is 2. The van der Waals surface area contributed by atoms with Crippen molar-refractivity contribution in [1.82, 2.24) is 0 Å². The number of carbonyl (C=O) groups is 1. The molecule has 1 unspecified atom stereocenters. The zero-order chi connectivity index (χ0) is 19.4. The second-order valence-electron chi connectivity index (χ2n) is 10.8. The molecule has 0 bridgehead atoms. The lowest BCUT2D eigenvalue weighted by Gasteiger charge is -2.62. The third kappa shape index (κ3) is 3.06. The highest BCUT2D eigenvalue weighted by atomic mass is 16.4. The molecule has 0 aromatic carbocycles. The molecule has 27 heavy (non-hydrogen) atoms. The van der Waals surface area contributed by atoms with Crippen molar-refractivity contribution in [2.75, 3.05) is 0 Å². The van der Waals surface area contributed by atoms with E-state index in [-0.39, 0.29) is 29.5 Å². The fourth-order valence-electron chi connectivity index (χ4n) is 8.29. The van der Waals surface area contributed by atoms with Crippen molar-refractivity contribution >= 4 is 5.97 Å². The summed E-state index contributed by atoms with van der Waals surface area (Å²) in [5.41, 5.74) is 0.253. The van der Waals surface area contributed by atoms with Crippen LogP contribution in [0, 0.1) is 40.4 Å². The quantitative estimate of drug-likeness (QED) is 0.684. The summed E-state index contributed by atoms with van der Waals surface area (Å²) in [6.07, 6.45) is 10.3. The molecule has 0 aromatic heterocycles. The van der Waals surface area contributed by atoms with E-state index in [1.54, 1.807) is 0 Å². The maximum absolute atomic E-state index is 11.3. The highest BCUT2D eigenvalue weighted by molar-refractivity contribution is 5.66. The minimum Gasteiger partial charge on any atom is -0.481 e. The first-order chi connectivity index (χ1) is 12.8. The molecule has 4 nitrogen and oxygen atoms in total. The molecule has 4 aliphatic rings. The highest BCUT2D eigenvalue weighted by Gasteiger charge is 2.62. The Morgan fingerprint density at radius 1 is 1.00 bits per heavy atom. The number of hydrogen-bond acceptors (Lipinski definition) is 3. The molecule has 0 heterocycles. The van der Waals surface area contributed by atoms with Gasteiger partial charge in [0.05, 0.1) is 12.2 Å². The standard InChI is InChI=1S/C23H38O4/c1-22-11-10-16(24)12-15(22)6-8-17-18-9-7-14(4-3-5-21(26)27)23(18,2)20(25)13-19(17)22/h14-20,24-25H,3-13H2,1-2H3,(H,26,27)/t14?,15-,16-,17+,18+,19+,20+,22+,23-/m1/s1. The van der Waals surface area contributed by atoms with Gasteiger partial charge in [0, 0.05) is 6.42 Å². The Morgan fingerprint density at radius 3 is 2.52 bits per heavy atom. The van der Waals surface area contributed by atoms with Gasteiger partial charge in [0.25, 0.3) is 0 Å². The Kier molecular flexibility index (Phi) is 5.12. The van der Waals surface area contributed by atoms with Crippen molar-refractivity contribution in [2.24, 2.45) is 40.4 Å². The molecule has 154 valence electrons. The minimum absolute atomic E-state index is 0.0307. The third-order valence-electron chi connectivity index (χ3n) is 9.88. The van der Waals surface area contributed by atoms with E-state index in [0.717, 1.165) is 44.9 Å². The van der Waals surface area contributed by atoms with Gasteiger partial charge in [-0.1, -0.05) is 13.8 Å². The highest BCUT2D eigenvalue weighted by Crippen LogP contribution is 2.67. The van der Waals surface area contributed by atoms with Gasteiger partial charge >= 0.3 is 5.97 Å². The van der Waals surface area contributed by atoms with Gasteiger partial charge in [-0.15, -0.1) is 0 Å². The van der Waals surface area contributed by atoms with Crippen LogP contribution in [0.1, 0.15) is 84.5 Å². The molecule has 4 aliphatic carbocycles. The van der Waals surface area contributed by atoms with Crippen LogP contribution in [0.3, 0.4) is 0 Å². The van der Waals surface area contributed by atoms with Gasteiger partial charge in [-0.05, 0) is 105 Å². The van der Waals surface area contributed by atoms with Crippen molar-refractivity contribution in [1.29, 1.82) is 0 Å². The topological polar surface area (TPSA) is 77.8 Å². The zero-order valence-electron chi connectivity index (χ0n) is 17.1. The molecule has 0 radical (unpaired) electrons. The second kappa shape index (κ2) is 7.02. The van der Waals surface area contributed by atoms with Crippen LogP contribution >= 0.6 is 0 Å². The van der Waals surface area contributed by atoms with Crippen LogP contribution < -0.4 is 0 Å². The maximum atomic E-state index is 11.3. The summed E-state index contributed by atoms with van der Waals surface area (Å²) in [5.74, 6) is 2.27. The Hall–Kier alpha value is -0.610. The summed E-state index contributed by atoms with van der Waals surface area (Å²) < 4.78 is 0. The zero-order valence-corrected chi connectivity index (χ0v) is 17.1. The largest absolute Gasteiger partial charge is 0.481 e. The van der Waals surface area contributed by atoms with E-state index in [0.29, 0.717) is 29.6 Å². The molecule has 0 aliphatic heterocycles. The normalized spacial score (nSPS) is 51.9. The molecule has 3 N–H and O–H groups in total. The molecule has 0 saturated heterocycles. The van der Waals surface area contributed by atoms with Crippen molar-refractivity contribution in [3.8, 4) is 0 Å². The monoisotopic (exact) mass is 378 g/mol. The molecule has 4 fully saturated rings. The van der Waals surface area contributed by atoms with E-state index in [1.165, 1.54) is 19.3 Å². The van der Waals surface area contributed by atoms with E-state index in [1.807, 2.05) is 0 Å². The van der Waals surface area contributed by atoms with Crippen molar-refractivity contribution in [3.63, 3.8) is 0 Å². The summed E-state index contributed by atoms with van der Waals surface area (Å²) in [5, 5.41) is 30.5. The molecule has 0 amide bonds. The van der Waals surface area contributed by atoms with Crippen molar-refractivity contribution < 1.29 is 20.1 Å². The average molecular weight is 379 g/mol. The van der Waals surface area contributed by atoms with Gasteiger partial charge in [-0.2, -0.15) is 0 Å². The summed E-state index contributed by atoms with van der Waals surface area (Å²) in [7, 11) is 0. The van der Waals surface area contributed by atoms with E-state index in [2.05, 4.69) is 13.8 Å². The molecule has 4 rings (SSSR count). The SMILES string of the molecule is C[C@]12CC[C@@H](O)C[C@H]1CC[C@@H]1[C@@H]2C[C@H](O)[C@]2(C)C(CCCC(=O)O)CC[C@@H]12. The first-order valence-corrected chi connectivity index (χ1v) is 11.3. The van der Waals surface area contributed by atoms with Crippen LogP contribution in [-0.2, 0) is 4.79 Å². The number of carboxylic acids is 1. The first kappa shape index (κ1) is 19.7. The van der Waals surface area contributed by atoms with E-state index in [9.17, 15) is 15.0 Å². The Morgan fingerprint density at radius 2 is 1.78 bits per heavy atom. The molecular formula is C23H38O4. The molecule has 4 heteroatoms. The lowest BCUT2D eigenvalue weighted by molar-refractivity contribution is -0.171. The maximum Gasteiger partial charge on any atom is 0.303 e. The number of fused-ring (bicyclic) bond motifs is 5. The van der Waals surface area contributed by atoms with Crippen LogP contribution in [0.25, 0.3) is 0 Å². The smallest absolute Gasteiger partial charge is 0.303 e. The number of rotatable bonds is 4. The van der Waals surface area contributed by atoms with Gasteiger partial charge < -0.3 is 15.3 Å². The minimum atomic E-state index is -0.704. The van der Waals surface area contributed by atoms with Crippen LogP contribution in [0.15, 0.2) is 0 Å². The number of hydrogen-bond donors (Lipinski definition) is 3. The molecule has 4 saturated carbocycles. The predicted octanol–water partition coefficient (Wildman–Crippen LogP) is 4.23. The van der Waals surface area contributed by atoms with Crippen LogP contribution in [0.5, 0.6) is 0 Å². The Balaban J connectivity index is 1.53. The van der Waals surface area contributed by atoms with E-state index in [4.69, 9.17) is 5.11 Å². The Bertz CT molecular complexity index is 577. The number of carboxylic acid groups (broad SMARTS) is 1. The summed E-state index contributed by atoms with van der Waals surface area (Å²) in [4.78, 5) is 10.9. The van der Waals surface area contributed by atoms with Gasteiger partial charge in [-0.25, -0.2) is 0 Å². The third-order valence-corrected chi connectivity index (χ3v) is 9.88. The van der Waals surface area contributed by atoms with Gasteiger partial charge in [0.1, 0.15) is 0 Å². The van der Waals surface area contributed by atoms with Crippen LogP contribution in [0.2, 0.25) is 0 Å². The average Bonchev–Trinajstić information content (AvgIpc) is 2.95. The van der Waals surface area contributed by atoms with Crippen molar-refractivity contribution in [3.05, 3.63) is 0 Å². The molecule has 9 atom stereocenters. The molecule has 0 aromatic rings. The van der Waals surface area contributed by atoms with E-state index < -0.39 is 5.97 Å². The summed E-state index contributed by atoms with van der Waals surface area (Å²) in [6.45, 7) is 4.77. The second-order valence-corrected chi connectivity index (χ2v) is 10.8. The fourth-order valence-corrected chi connectivity index (χ4v) is 8.29. The number of aliphatic hydroxyl groups is 2. The van der Waals surface area contributed by atoms with Gasteiger partial charge in [-0.3, -0.25) is 4.79 Å². The number of aliphatic carboxylic acids is 1. The van der Waals surface area contributed by atoms with Crippen LogP contribution in [-0.4, -0.2) is 33.5 Å². The molecule has 0 spiro atoms. The Labute approximate surface area is 163 Å². The van der Waals surface area contributed by atoms with Crippen LogP contribution in [0.4, 0.5) is 0 Å². The summed E-state index contributed by atoms with van der Waals surface area (Å²) in [6, 6.07) is 0. The van der Waals surface area contributed by atoms with Gasteiger partial charge in [0.15, 0.2) is 0 Å². The molecular weight excluding hydrogens is 340 g/mol. The van der Waals surface area contributed by atoms with E-state index >= 15 is 0 Å². The fraction of sp³-hybridized carbons (Fsp3) is 0.957. The van der Waals surface area contributed by atoms with Gasteiger partial charge in [0.2, 0.25) is 0 Å². The lowest BCUT2D eigenvalue weighted by atomic mass is 9.44. The first-order valence-electron chi connectivity index (χ1n) is 11.3. The predicted molar refractivity (Wildman–Crippen MR) is 104 cm³/mol. The van der Waals surface area contributed by atoms with Crippen molar-refractivity contribution in [2.45, 2.75) is 96.7 Å². The summed E-state index contributed by atoms with van der Waals surface area (Å²) >= 11 is 0. The lowest BCUT2D eigenvalue weighted by Crippen LogP contribution is -2.58.